The summed E-state index contributed by atoms with van der Waals surface area (Å²) < 4.78 is 0. The molecule has 1 unspecified atom stereocenters. The molecule has 0 saturated carbocycles. The van der Waals surface area contributed by atoms with Crippen LogP contribution in [0.15, 0.2) is 18.2 Å². The highest BCUT2D eigenvalue weighted by atomic mass is 79.9. The number of halogens is 1. The van der Waals surface area contributed by atoms with Gasteiger partial charge in [-0.2, -0.15) is 0 Å². The van der Waals surface area contributed by atoms with Crippen LogP contribution in [0.3, 0.4) is 0 Å². The summed E-state index contributed by atoms with van der Waals surface area (Å²) in [6.45, 7) is 6.58. The van der Waals surface area contributed by atoms with E-state index in [2.05, 4.69) is 54.9 Å². The van der Waals surface area contributed by atoms with Crippen molar-refractivity contribution in [3.63, 3.8) is 0 Å². The zero-order valence-corrected chi connectivity index (χ0v) is 12.9. The number of thiophene rings is 2. The van der Waals surface area contributed by atoms with Crippen LogP contribution in [0.5, 0.6) is 0 Å². The average molecular weight is 315 g/mol. The molecule has 0 amide bonds. The number of rotatable bonds is 3. The summed E-state index contributed by atoms with van der Waals surface area (Å²) in [7, 11) is 0. The second-order valence-electron chi connectivity index (χ2n) is 3.91. The van der Waals surface area contributed by atoms with E-state index in [9.17, 15) is 0 Å². The van der Waals surface area contributed by atoms with Crippen LogP contribution in [0.2, 0.25) is 0 Å². The smallest absolute Gasteiger partial charge is 0.0831 e. The van der Waals surface area contributed by atoms with E-state index in [0.717, 1.165) is 6.42 Å². The lowest BCUT2D eigenvalue weighted by Gasteiger charge is -2.03. The maximum atomic E-state index is 3.80. The van der Waals surface area contributed by atoms with Gasteiger partial charge >= 0.3 is 0 Å². The van der Waals surface area contributed by atoms with E-state index >= 15 is 0 Å². The Balaban J connectivity index is 2.27. The zero-order valence-electron chi connectivity index (χ0n) is 9.71. The third kappa shape index (κ3) is 2.41. The Morgan fingerprint density at radius 3 is 2.44 bits per heavy atom. The molecule has 0 spiro atoms. The molecular weight excluding hydrogens is 300 g/mol. The first kappa shape index (κ1) is 12.3. The van der Waals surface area contributed by atoms with Gasteiger partial charge in [0.2, 0.25) is 0 Å². The molecule has 0 bridgehead atoms. The van der Waals surface area contributed by atoms with Gasteiger partial charge in [-0.05, 0) is 44.0 Å². The Kier molecular flexibility index (Phi) is 3.88. The van der Waals surface area contributed by atoms with Gasteiger partial charge in [0, 0.05) is 19.5 Å². The van der Waals surface area contributed by atoms with Crippen molar-refractivity contribution < 1.29 is 0 Å². The third-order valence-corrected chi connectivity index (χ3v) is 6.82. The summed E-state index contributed by atoms with van der Waals surface area (Å²) in [5, 5.41) is 0. The molecule has 2 heterocycles. The first-order valence-electron chi connectivity index (χ1n) is 5.41. The number of aryl methyl sites for hydroxylation is 3. The minimum Gasteiger partial charge on any atom is -0.144 e. The summed E-state index contributed by atoms with van der Waals surface area (Å²) in [5.74, 6) is 0. The average Bonchev–Trinajstić information content (AvgIpc) is 2.86. The van der Waals surface area contributed by atoms with Crippen LogP contribution in [0, 0.1) is 13.8 Å². The fourth-order valence-corrected chi connectivity index (χ4v) is 4.50. The largest absolute Gasteiger partial charge is 0.144 e. The second-order valence-corrected chi connectivity index (χ2v) is 7.31. The molecule has 0 N–H and O–H groups in total. The molecule has 0 aliphatic carbocycles. The van der Waals surface area contributed by atoms with E-state index in [-0.39, 0.29) is 0 Å². The van der Waals surface area contributed by atoms with Crippen molar-refractivity contribution in [3.05, 3.63) is 43.3 Å². The second kappa shape index (κ2) is 5.03. The van der Waals surface area contributed by atoms with Crippen molar-refractivity contribution >= 4 is 38.6 Å². The molecule has 0 nitrogen and oxygen atoms in total. The quantitative estimate of drug-likeness (QED) is 0.659. The molecule has 0 saturated heterocycles. The molecule has 0 fully saturated rings. The summed E-state index contributed by atoms with van der Waals surface area (Å²) in [6.07, 6.45) is 1.13. The van der Waals surface area contributed by atoms with Gasteiger partial charge in [0.05, 0.1) is 4.83 Å². The predicted octanol–water partition coefficient (Wildman–Crippen LogP) is 5.47. The lowest BCUT2D eigenvalue weighted by Crippen LogP contribution is -1.83. The monoisotopic (exact) mass is 314 g/mol. The van der Waals surface area contributed by atoms with Gasteiger partial charge < -0.3 is 0 Å². The lowest BCUT2D eigenvalue weighted by molar-refractivity contribution is 1.19. The summed E-state index contributed by atoms with van der Waals surface area (Å²) in [4.78, 5) is 6.09. The fraction of sp³-hybridized carbons (Fsp3) is 0.385. The lowest BCUT2D eigenvalue weighted by atomic mass is 10.2. The molecule has 2 rings (SSSR count). The summed E-state index contributed by atoms with van der Waals surface area (Å²) >= 11 is 7.61. The highest BCUT2D eigenvalue weighted by molar-refractivity contribution is 9.09. The van der Waals surface area contributed by atoms with E-state index in [1.165, 1.54) is 25.1 Å². The number of hydrogen-bond acceptors (Lipinski definition) is 2. The SMILES string of the molecule is CCc1ccc(C(Br)c2cc(C)c(C)s2)s1. The van der Waals surface area contributed by atoms with Gasteiger partial charge in [-0.3, -0.25) is 0 Å². The van der Waals surface area contributed by atoms with Gasteiger partial charge in [0.1, 0.15) is 0 Å². The first-order valence-corrected chi connectivity index (χ1v) is 7.96. The van der Waals surface area contributed by atoms with E-state index in [0.29, 0.717) is 4.83 Å². The van der Waals surface area contributed by atoms with Crippen LogP contribution >= 0.6 is 38.6 Å². The highest BCUT2D eigenvalue weighted by Gasteiger charge is 2.15. The van der Waals surface area contributed by atoms with Crippen molar-refractivity contribution in [1.82, 2.24) is 0 Å². The van der Waals surface area contributed by atoms with Crippen molar-refractivity contribution in [2.24, 2.45) is 0 Å². The predicted molar refractivity (Wildman–Crippen MR) is 78.3 cm³/mol. The summed E-state index contributed by atoms with van der Waals surface area (Å²) in [5.41, 5.74) is 1.40. The minimum atomic E-state index is 0.371. The maximum absolute atomic E-state index is 3.80. The van der Waals surface area contributed by atoms with Crippen LogP contribution in [0.1, 0.15) is 36.8 Å². The molecule has 3 heteroatoms. The molecule has 2 aromatic rings. The van der Waals surface area contributed by atoms with E-state index in [4.69, 9.17) is 0 Å². The fourth-order valence-electron chi connectivity index (χ4n) is 1.59. The van der Waals surface area contributed by atoms with E-state index < -0.39 is 0 Å². The number of hydrogen-bond donors (Lipinski definition) is 0. The standard InChI is InChI=1S/C13H15BrS2/c1-4-10-5-6-11(16-10)13(14)12-7-8(2)9(3)15-12/h5-7,13H,4H2,1-3H3. The zero-order chi connectivity index (χ0) is 11.7. The topological polar surface area (TPSA) is 0 Å². The molecule has 0 aromatic carbocycles. The normalized spacial score (nSPS) is 13.0. The van der Waals surface area contributed by atoms with Crippen LogP contribution < -0.4 is 0 Å². The van der Waals surface area contributed by atoms with E-state index in [1.807, 2.05) is 22.7 Å². The third-order valence-electron chi connectivity index (χ3n) is 2.72. The van der Waals surface area contributed by atoms with Gasteiger partial charge in [0.25, 0.3) is 0 Å². The highest BCUT2D eigenvalue weighted by Crippen LogP contribution is 2.39. The Morgan fingerprint density at radius 2 is 1.94 bits per heavy atom. The van der Waals surface area contributed by atoms with Crippen molar-refractivity contribution in [3.8, 4) is 0 Å². The van der Waals surface area contributed by atoms with Crippen molar-refractivity contribution in [1.29, 1.82) is 0 Å². The maximum Gasteiger partial charge on any atom is 0.0831 e. The van der Waals surface area contributed by atoms with Gasteiger partial charge in [-0.1, -0.05) is 22.9 Å². The molecule has 1 atom stereocenters. The Bertz CT molecular complexity index is 462. The molecule has 0 aliphatic heterocycles. The van der Waals surface area contributed by atoms with Crippen LogP contribution in [-0.4, -0.2) is 0 Å². The molecule has 2 aromatic heterocycles. The van der Waals surface area contributed by atoms with Gasteiger partial charge in [-0.15, -0.1) is 22.7 Å². The molecular formula is C13H15BrS2. The molecule has 0 aliphatic rings. The van der Waals surface area contributed by atoms with E-state index in [1.54, 1.807) is 0 Å². The van der Waals surface area contributed by atoms with Crippen LogP contribution in [-0.2, 0) is 6.42 Å². The first-order chi connectivity index (χ1) is 7.61. The molecule has 86 valence electrons. The van der Waals surface area contributed by atoms with Crippen molar-refractivity contribution in [2.75, 3.05) is 0 Å². The Labute approximate surface area is 113 Å². The van der Waals surface area contributed by atoms with Crippen LogP contribution in [0.4, 0.5) is 0 Å². The van der Waals surface area contributed by atoms with Crippen LogP contribution in [0.25, 0.3) is 0 Å². The van der Waals surface area contributed by atoms with Gasteiger partial charge in [-0.25, -0.2) is 0 Å². The van der Waals surface area contributed by atoms with Gasteiger partial charge in [0.15, 0.2) is 0 Å². The minimum absolute atomic E-state index is 0.371. The Hall–Kier alpha value is -0.120. The van der Waals surface area contributed by atoms with Crippen molar-refractivity contribution in [2.45, 2.75) is 32.0 Å². The molecule has 0 radical (unpaired) electrons. The summed E-state index contributed by atoms with van der Waals surface area (Å²) in [6, 6.07) is 6.78. The molecule has 16 heavy (non-hydrogen) atoms. The Morgan fingerprint density at radius 1 is 1.19 bits per heavy atom. The number of alkyl halides is 1.